The van der Waals surface area contributed by atoms with Gasteiger partial charge in [-0.1, -0.05) is 6.07 Å². The summed E-state index contributed by atoms with van der Waals surface area (Å²) in [6, 6.07) is 4.04. The Morgan fingerprint density at radius 3 is 2.88 bits per heavy atom. The highest BCUT2D eigenvalue weighted by Gasteiger charge is 2.30. The summed E-state index contributed by atoms with van der Waals surface area (Å²) in [5.74, 6) is 0.945. The topological polar surface area (TPSA) is 41.6 Å². The van der Waals surface area contributed by atoms with Crippen LogP contribution in [0.5, 0.6) is 5.75 Å². The number of hydrogen-bond donors (Lipinski definition) is 1. The van der Waals surface area contributed by atoms with E-state index in [9.17, 15) is 4.79 Å². The number of nitrogens with one attached hydrogen (secondary N) is 1. The zero-order valence-electron chi connectivity index (χ0n) is 10.5. The van der Waals surface area contributed by atoms with E-state index in [-0.39, 0.29) is 5.91 Å². The van der Waals surface area contributed by atoms with Crippen LogP contribution in [0.1, 0.15) is 11.1 Å². The number of amides is 1. The number of ether oxygens (including phenoxy) is 1. The van der Waals surface area contributed by atoms with E-state index in [1.165, 1.54) is 0 Å². The Labute approximate surface area is 102 Å². The third kappa shape index (κ3) is 2.13. The van der Waals surface area contributed by atoms with Gasteiger partial charge in [0.2, 0.25) is 5.91 Å². The van der Waals surface area contributed by atoms with Gasteiger partial charge in [0.05, 0.1) is 19.2 Å². The fraction of sp³-hybridized carbons (Fsp3) is 0.462. The first-order chi connectivity index (χ1) is 8.17. The van der Waals surface area contributed by atoms with Crippen LogP contribution in [-0.2, 0) is 11.2 Å². The molecule has 0 aromatic heterocycles. The van der Waals surface area contributed by atoms with Gasteiger partial charge < -0.3 is 15.0 Å². The number of hydrogen-bond acceptors (Lipinski definition) is 3. The third-order valence-corrected chi connectivity index (χ3v) is 3.02. The number of likely N-dealkylation sites (N-methyl/N-ethyl adjacent to an activating group) is 1. The standard InChI is InChI=1S/C13H18N2O2/c1-9-6-10-8-12(16)15(5-4-14-2)13(10)11(7-9)17-3/h6-7,14H,4-5,8H2,1-3H3. The highest BCUT2D eigenvalue weighted by Crippen LogP contribution is 2.38. The first kappa shape index (κ1) is 11.9. The predicted molar refractivity (Wildman–Crippen MR) is 67.7 cm³/mol. The van der Waals surface area contributed by atoms with Crippen molar-refractivity contribution in [2.24, 2.45) is 0 Å². The molecule has 1 aliphatic rings. The quantitative estimate of drug-likeness (QED) is 0.848. The number of benzene rings is 1. The van der Waals surface area contributed by atoms with Crippen LogP contribution in [0.3, 0.4) is 0 Å². The van der Waals surface area contributed by atoms with Gasteiger partial charge in [0, 0.05) is 13.1 Å². The van der Waals surface area contributed by atoms with Crippen molar-refractivity contribution in [3.63, 3.8) is 0 Å². The van der Waals surface area contributed by atoms with Gasteiger partial charge in [-0.15, -0.1) is 0 Å². The molecular formula is C13H18N2O2. The Bertz CT molecular complexity index is 443. The Kier molecular flexibility index (Phi) is 3.33. The summed E-state index contributed by atoms with van der Waals surface area (Å²) in [4.78, 5) is 13.8. The lowest BCUT2D eigenvalue weighted by atomic mass is 10.1. The molecule has 0 atom stereocenters. The molecule has 92 valence electrons. The van der Waals surface area contributed by atoms with Gasteiger partial charge in [-0.2, -0.15) is 0 Å². The molecule has 0 spiro atoms. The number of rotatable bonds is 4. The molecule has 1 aliphatic heterocycles. The van der Waals surface area contributed by atoms with Crippen LogP contribution in [-0.4, -0.2) is 33.2 Å². The Morgan fingerprint density at radius 2 is 2.24 bits per heavy atom. The lowest BCUT2D eigenvalue weighted by molar-refractivity contribution is -0.117. The molecule has 1 amide bonds. The van der Waals surface area contributed by atoms with Crippen LogP contribution in [0, 0.1) is 6.92 Å². The molecule has 1 aromatic rings. The van der Waals surface area contributed by atoms with Gasteiger partial charge in [0.15, 0.2) is 0 Å². The Hall–Kier alpha value is -1.55. The molecule has 0 saturated heterocycles. The summed E-state index contributed by atoms with van der Waals surface area (Å²) in [5, 5.41) is 3.06. The molecule has 0 saturated carbocycles. The molecule has 1 heterocycles. The minimum absolute atomic E-state index is 0.152. The van der Waals surface area contributed by atoms with Crippen LogP contribution in [0.15, 0.2) is 12.1 Å². The molecular weight excluding hydrogens is 216 g/mol. The average molecular weight is 234 g/mol. The molecule has 1 N–H and O–H groups in total. The van der Waals surface area contributed by atoms with Crippen LogP contribution >= 0.6 is 0 Å². The van der Waals surface area contributed by atoms with Gasteiger partial charge in [-0.25, -0.2) is 0 Å². The lowest BCUT2D eigenvalue weighted by Gasteiger charge is -2.20. The molecule has 0 unspecified atom stereocenters. The summed E-state index contributed by atoms with van der Waals surface area (Å²) in [6.45, 7) is 3.48. The first-order valence-corrected chi connectivity index (χ1v) is 5.80. The Morgan fingerprint density at radius 1 is 1.47 bits per heavy atom. The number of anilines is 1. The van der Waals surface area contributed by atoms with E-state index in [1.807, 2.05) is 24.9 Å². The number of carbonyl (C=O) groups excluding carboxylic acids is 1. The minimum Gasteiger partial charge on any atom is -0.495 e. The van der Waals surface area contributed by atoms with Crippen molar-refractivity contribution < 1.29 is 9.53 Å². The maximum atomic E-state index is 12.0. The maximum Gasteiger partial charge on any atom is 0.231 e. The van der Waals surface area contributed by atoms with Crippen molar-refractivity contribution in [2.45, 2.75) is 13.3 Å². The summed E-state index contributed by atoms with van der Waals surface area (Å²) < 4.78 is 5.38. The summed E-state index contributed by atoms with van der Waals surface area (Å²) in [6.07, 6.45) is 0.483. The molecule has 4 heteroatoms. The predicted octanol–water partition coefficient (Wildman–Crippen LogP) is 1.11. The van der Waals surface area contributed by atoms with E-state index in [0.29, 0.717) is 13.0 Å². The van der Waals surface area contributed by atoms with E-state index < -0.39 is 0 Å². The fourth-order valence-electron chi connectivity index (χ4n) is 2.26. The summed E-state index contributed by atoms with van der Waals surface area (Å²) in [5.41, 5.74) is 3.14. The van der Waals surface area contributed by atoms with E-state index in [1.54, 1.807) is 7.11 Å². The smallest absolute Gasteiger partial charge is 0.231 e. The highest BCUT2D eigenvalue weighted by molar-refractivity contribution is 6.03. The van der Waals surface area contributed by atoms with Crippen LogP contribution in [0.25, 0.3) is 0 Å². The second-order valence-electron chi connectivity index (χ2n) is 4.30. The molecule has 17 heavy (non-hydrogen) atoms. The molecule has 0 radical (unpaired) electrons. The van der Waals surface area contributed by atoms with Gasteiger partial charge in [0.25, 0.3) is 0 Å². The van der Waals surface area contributed by atoms with Gasteiger partial charge >= 0.3 is 0 Å². The van der Waals surface area contributed by atoms with E-state index >= 15 is 0 Å². The Balaban J connectivity index is 2.39. The molecule has 4 nitrogen and oxygen atoms in total. The normalized spacial score (nSPS) is 14.1. The average Bonchev–Trinajstić information content (AvgIpc) is 2.61. The van der Waals surface area contributed by atoms with E-state index in [0.717, 1.165) is 29.1 Å². The minimum atomic E-state index is 0.152. The number of methoxy groups -OCH3 is 1. The molecule has 0 aliphatic carbocycles. The number of fused-ring (bicyclic) bond motifs is 1. The molecule has 2 rings (SSSR count). The van der Waals surface area contributed by atoms with Crippen molar-refractivity contribution >= 4 is 11.6 Å². The second kappa shape index (κ2) is 4.75. The molecule has 0 bridgehead atoms. The van der Waals surface area contributed by atoms with Gasteiger partial charge in [-0.05, 0) is 31.2 Å². The lowest BCUT2D eigenvalue weighted by Crippen LogP contribution is -2.33. The molecule has 0 fully saturated rings. The zero-order valence-corrected chi connectivity index (χ0v) is 10.5. The fourth-order valence-corrected chi connectivity index (χ4v) is 2.26. The van der Waals surface area contributed by atoms with Crippen molar-refractivity contribution in [3.05, 3.63) is 23.3 Å². The van der Waals surface area contributed by atoms with Crippen LogP contribution in [0.2, 0.25) is 0 Å². The number of carbonyl (C=O) groups is 1. The summed E-state index contributed by atoms with van der Waals surface area (Å²) in [7, 11) is 3.53. The van der Waals surface area contributed by atoms with Gasteiger partial charge in [-0.3, -0.25) is 4.79 Å². The van der Waals surface area contributed by atoms with Gasteiger partial charge in [0.1, 0.15) is 5.75 Å². The van der Waals surface area contributed by atoms with Crippen molar-refractivity contribution in [3.8, 4) is 5.75 Å². The van der Waals surface area contributed by atoms with Crippen LogP contribution < -0.4 is 15.0 Å². The molecule has 1 aromatic carbocycles. The third-order valence-electron chi connectivity index (χ3n) is 3.02. The number of nitrogens with zero attached hydrogens (tertiary/aromatic N) is 1. The van der Waals surface area contributed by atoms with E-state index in [2.05, 4.69) is 11.4 Å². The van der Waals surface area contributed by atoms with Crippen molar-refractivity contribution in [1.82, 2.24) is 5.32 Å². The largest absolute Gasteiger partial charge is 0.495 e. The highest BCUT2D eigenvalue weighted by atomic mass is 16.5. The number of aryl methyl sites for hydroxylation is 1. The van der Waals surface area contributed by atoms with Crippen molar-refractivity contribution in [1.29, 1.82) is 0 Å². The van der Waals surface area contributed by atoms with E-state index in [4.69, 9.17) is 4.74 Å². The SMILES string of the molecule is CNCCN1C(=O)Cc2cc(C)cc(OC)c21. The monoisotopic (exact) mass is 234 g/mol. The first-order valence-electron chi connectivity index (χ1n) is 5.80. The van der Waals surface area contributed by atoms with Crippen LogP contribution in [0.4, 0.5) is 5.69 Å². The summed E-state index contributed by atoms with van der Waals surface area (Å²) >= 11 is 0. The zero-order chi connectivity index (χ0) is 12.4. The second-order valence-corrected chi connectivity index (χ2v) is 4.30. The maximum absolute atomic E-state index is 12.0. The van der Waals surface area contributed by atoms with Crippen molar-refractivity contribution in [2.75, 3.05) is 32.1 Å².